The van der Waals surface area contributed by atoms with Gasteiger partial charge in [-0.25, -0.2) is 0 Å². The van der Waals surface area contributed by atoms with Crippen molar-refractivity contribution in [3.05, 3.63) is 29.3 Å². The molecule has 4 heteroatoms. The Kier molecular flexibility index (Phi) is 3.76. The average Bonchev–Trinajstić information content (AvgIpc) is 2.15. The van der Waals surface area contributed by atoms with Gasteiger partial charge in [0, 0.05) is 0 Å². The second kappa shape index (κ2) is 4.55. The van der Waals surface area contributed by atoms with E-state index in [2.05, 4.69) is 0 Å². The van der Waals surface area contributed by atoms with Crippen molar-refractivity contribution in [2.45, 2.75) is 44.4 Å². The highest BCUT2D eigenvalue weighted by Gasteiger charge is 2.14. The van der Waals surface area contributed by atoms with Gasteiger partial charge in [0.1, 0.15) is 0 Å². The van der Waals surface area contributed by atoms with Gasteiger partial charge in [0.25, 0.3) is 10.1 Å². The molecule has 0 spiro atoms. The molecule has 1 aromatic carbocycles. The molecule has 0 unspecified atom stereocenters. The van der Waals surface area contributed by atoms with Gasteiger partial charge < -0.3 is 0 Å². The Morgan fingerprint density at radius 2 is 1.31 bits per heavy atom. The van der Waals surface area contributed by atoms with Gasteiger partial charge in [0.15, 0.2) is 0 Å². The largest absolute Gasteiger partial charge is 0.294 e. The first kappa shape index (κ1) is 13.2. The van der Waals surface area contributed by atoms with E-state index in [9.17, 15) is 8.42 Å². The predicted molar refractivity (Wildman–Crippen MR) is 64.4 cm³/mol. The Labute approximate surface area is 97.2 Å². The Bertz CT molecular complexity index is 447. The number of rotatable bonds is 3. The fraction of sp³-hybridized carbons (Fsp3) is 0.500. The van der Waals surface area contributed by atoms with Crippen LogP contribution in [-0.4, -0.2) is 13.0 Å². The third kappa shape index (κ3) is 3.06. The first-order valence-electron chi connectivity index (χ1n) is 5.34. The minimum atomic E-state index is -4.11. The lowest BCUT2D eigenvalue weighted by Gasteiger charge is -2.12. The molecule has 0 saturated heterocycles. The summed E-state index contributed by atoms with van der Waals surface area (Å²) in [6.07, 6.45) is 0. The molecule has 1 rings (SSSR count). The van der Waals surface area contributed by atoms with Crippen molar-refractivity contribution in [1.82, 2.24) is 0 Å². The van der Waals surface area contributed by atoms with Gasteiger partial charge >= 0.3 is 0 Å². The van der Waals surface area contributed by atoms with Crippen LogP contribution in [0.15, 0.2) is 23.1 Å². The van der Waals surface area contributed by atoms with Gasteiger partial charge in [-0.3, -0.25) is 4.55 Å². The number of hydrogen-bond donors (Lipinski definition) is 1. The van der Waals surface area contributed by atoms with E-state index in [1.807, 2.05) is 33.8 Å². The average molecular weight is 242 g/mol. The number of hydrogen-bond acceptors (Lipinski definition) is 2. The molecular weight excluding hydrogens is 224 g/mol. The molecule has 0 saturated carbocycles. The highest BCUT2D eigenvalue weighted by atomic mass is 32.2. The van der Waals surface area contributed by atoms with Crippen LogP contribution in [0.1, 0.15) is 50.7 Å². The molecule has 0 aliphatic heterocycles. The lowest BCUT2D eigenvalue weighted by Crippen LogP contribution is -2.02. The SMILES string of the molecule is CC(C)c1cc(C(C)C)cc(S(=O)(=O)O)c1. The van der Waals surface area contributed by atoms with Gasteiger partial charge in [0.05, 0.1) is 4.90 Å². The molecule has 0 heterocycles. The van der Waals surface area contributed by atoms with Gasteiger partial charge in [-0.1, -0.05) is 33.8 Å². The fourth-order valence-corrected chi connectivity index (χ4v) is 2.03. The minimum Gasteiger partial charge on any atom is -0.282 e. The summed E-state index contributed by atoms with van der Waals surface area (Å²) in [6.45, 7) is 7.97. The minimum absolute atomic E-state index is 0.0117. The van der Waals surface area contributed by atoms with E-state index in [1.54, 1.807) is 0 Å². The second-order valence-electron chi connectivity index (χ2n) is 4.62. The van der Waals surface area contributed by atoms with Crippen molar-refractivity contribution in [1.29, 1.82) is 0 Å². The normalized spacial score (nSPS) is 12.4. The molecule has 16 heavy (non-hydrogen) atoms. The van der Waals surface area contributed by atoms with Crippen LogP contribution in [0.2, 0.25) is 0 Å². The van der Waals surface area contributed by atoms with E-state index >= 15 is 0 Å². The lowest BCUT2D eigenvalue weighted by molar-refractivity contribution is 0.483. The molecule has 1 N–H and O–H groups in total. The lowest BCUT2D eigenvalue weighted by atomic mass is 9.96. The quantitative estimate of drug-likeness (QED) is 0.828. The molecule has 0 bridgehead atoms. The summed E-state index contributed by atoms with van der Waals surface area (Å²) < 4.78 is 31.3. The standard InChI is InChI=1S/C12H18O3S/c1-8(2)10-5-11(9(3)4)7-12(6-10)16(13,14)15/h5-9H,1-4H3,(H,13,14,15). The van der Waals surface area contributed by atoms with Crippen LogP contribution in [0.4, 0.5) is 0 Å². The fourth-order valence-electron chi connectivity index (χ4n) is 1.46. The summed E-state index contributed by atoms with van der Waals surface area (Å²) in [5, 5.41) is 0. The van der Waals surface area contributed by atoms with Crippen LogP contribution in [0, 0.1) is 0 Å². The van der Waals surface area contributed by atoms with Crippen molar-refractivity contribution >= 4 is 10.1 Å². The Morgan fingerprint density at radius 1 is 0.938 bits per heavy atom. The van der Waals surface area contributed by atoms with Crippen LogP contribution >= 0.6 is 0 Å². The highest BCUT2D eigenvalue weighted by Crippen LogP contribution is 2.25. The third-order valence-electron chi connectivity index (χ3n) is 2.58. The molecule has 0 radical (unpaired) electrons. The van der Waals surface area contributed by atoms with Gasteiger partial charge in [-0.15, -0.1) is 0 Å². The number of benzene rings is 1. The van der Waals surface area contributed by atoms with E-state index in [0.29, 0.717) is 0 Å². The van der Waals surface area contributed by atoms with Crippen LogP contribution in [0.5, 0.6) is 0 Å². The Morgan fingerprint density at radius 3 is 1.56 bits per heavy atom. The van der Waals surface area contributed by atoms with Crippen LogP contribution in [-0.2, 0) is 10.1 Å². The summed E-state index contributed by atoms with van der Waals surface area (Å²) in [5.41, 5.74) is 1.86. The summed E-state index contributed by atoms with van der Waals surface area (Å²) in [6, 6.07) is 5.06. The van der Waals surface area contributed by atoms with Crippen molar-refractivity contribution < 1.29 is 13.0 Å². The van der Waals surface area contributed by atoms with E-state index in [-0.39, 0.29) is 16.7 Å². The molecule has 0 aliphatic carbocycles. The third-order valence-corrected chi connectivity index (χ3v) is 3.41. The molecule has 0 aliphatic rings. The molecule has 3 nitrogen and oxygen atoms in total. The molecule has 0 fully saturated rings. The van der Waals surface area contributed by atoms with Gasteiger partial charge in [0.2, 0.25) is 0 Å². The van der Waals surface area contributed by atoms with Crippen molar-refractivity contribution in [2.75, 3.05) is 0 Å². The maximum atomic E-state index is 11.1. The molecule has 90 valence electrons. The van der Waals surface area contributed by atoms with Gasteiger partial charge in [-0.2, -0.15) is 8.42 Å². The van der Waals surface area contributed by atoms with Crippen LogP contribution in [0.3, 0.4) is 0 Å². The molecular formula is C12H18O3S. The maximum Gasteiger partial charge on any atom is 0.294 e. The summed E-state index contributed by atoms with van der Waals surface area (Å²) in [4.78, 5) is -0.0117. The van der Waals surface area contributed by atoms with Crippen molar-refractivity contribution in [3.8, 4) is 0 Å². The van der Waals surface area contributed by atoms with Crippen molar-refractivity contribution in [3.63, 3.8) is 0 Å². The second-order valence-corrected chi connectivity index (χ2v) is 6.04. The topological polar surface area (TPSA) is 54.4 Å². The summed E-state index contributed by atoms with van der Waals surface area (Å²) in [7, 11) is -4.11. The van der Waals surface area contributed by atoms with E-state index < -0.39 is 10.1 Å². The molecule has 1 aromatic rings. The van der Waals surface area contributed by atoms with Gasteiger partial charge in [-0.05, 0) is 35.1 Å². The zero-order valence-electron chi connectivity index (χ0n) is 10.1. The zero-order chi connectivity index (χ0) is 12.5. The zero-order valence-corrected chi connectivity index (χ0v) is 10.9. The predicted octanol–water partition coefficient (Wildman–Crippen LogP) is 3.18. The first-order valence-corrected chi connectivity index (χ1v) is 6.78. The molecule has 0 amide bonds. The van der Waals surface area contributed by atoms with Crippen molar-refractivity contribution in [2.24, 2.45) is 0 Å². The van der Waals surface area contributed by atoms with Crippen LogP contribution in [0.25, 0.3) is 0 Å². The highest BCUT2D eigenvalue weighted by molar-refractivity contribution is 7.85. The molecule has 0 aromatic heterocycles. The smallest absolute Gasteiger partial charge is 0.282 e. The summed E-state index contributed by atoms with van der Waals surface area (Å²) >= 11 is 0. The Hall–Kier alpha value is -0.870. The Balaban J connectivity index is 3.42. The van der Waals surface area contributed by atoms with E-state index in [1.165, 1.54) is 12.1 Å². The van der Waals surface area contributed by atoms with E-state index in [0.717, 1.165) is 11.1 Å². The molecule has 0 atom stereocenters. The maximum absolute atomic E-state index is 11.1. The summed E-state index contributed by atoms with van der Waals surface area (Å²) in [5.74, 6) is 0.471. The van der Waals surface area contributed by atoms with E-state index in [4.69, 9.17) is 4.55 Å². The first-order chi connectivity index (χ1) is 7.21. The monoisotopic (exact) mass is 242 g/mol. The van der Waals surface area contributed by atoms with Crippen LogP contribution < -0.4 is 0 Å².